The van der Waals surface area contributed by atoms with Gasteiger partial charge < -0.3 is 15.0 Å². The van der Waals surface area contributed by atoms with E-state index in [1.54, 1.807) is 12.1 Å². The van der Waals surface area contributed by atoms with Gasteiger partial charge in [0.25, 0.3) is 5.91 Å². The fraction of sp³-hybridized carbons (Fsp3) is 0.350. The summed E-state index contributed by atoms with van der Waals surface area (Å²) in [5.41, 5.74) is 1.53. The molecule has 1 aliphatic heterocycles. The molecule has 0 aromatic heterocycles. The van der Waals surface area contributed by atoms with Crippen molar-refractivity contribution >= 4 is 5.91 Å². The van der Waals surface area contributed by atoms with Crippen molar-refractivity contribution in [2.45, 2.75) is 32.5 Å². The molecule has 1 saturated heterocycles. The number of hydrogen-bond acceptors (Lipinski definition) is 3. The fourth-order valence-electron chi connectivity index (χ4n) is 3.03. The molecule has 2 unspecified atom stereocenters. The highest BCUT2D eigenvalue weighted by Gasteiger charge is 2.28. The third-order valence-corrected chi connectivity index (χ3v) is 4.67. The van der Waals surface area contributed by atoms with Crippen LogP contribution in [0.4, 0.5) is 4.39 Å². The van der Waals surface area contributed by atoms with Crippen LogP contribution >= 0.6 is 0 Å². The Balaban J connectivity index is 1.69. The van der Waals surface area contributed by atoms with Gasteiger partial charge in [-0.1, -0.05) is 18.2 Å². The number of benzene rings is 2. The predicted molar refractivity (Wildman–Crippen MR) is 95.1 cm³/mol. The average molecular weight is 342 g/mol. The normalized spacial score (nSPS) is 20.4. The summed E-state index contributed by atoms with van der Waals surface area (Å²) < 4.78 is 18.8. The molecule has 1 amide bonds. The average Bonchev–Trinajstić information content (AvgIpc) is 2.62. The molecule has 1 N–H and O–H groups in total. The largest absolute Gasteiger partial charge is 0.489 e. The Morgan fingerprint density at radius 1 is 1.24 bits per heavy atom. The van der Waals surface area contributed by atoms with Crippen molar-refractivity contribution in [1.29, 1.82) is 0 Å². The molecule has 0 radical (unpaired) electrons. The first-order valence-corrected chi connectivity index (χ1v) is 8.56. The molecular weight excluding hydrogens is 319 g/mol. The van der Waals surface area contributed by atoms with Crippen LogP contribution in [0.1, 0.15) is 29.8 Å². The summed E-state index contributed by atoms with van der Waals surface area (Å²) in [6.07, 6.45) is 0. The van der Waals surface area contributed by atoms with Crippen LogP contribution in [0.5, 0.6) is 5.75 Å². The lowest BCUT2D eigenvalue weighted by Gasteiger charge is -2.38. The molecule has 1 heterocycles. The van der Waals surface area contributed by atoms with Gasteiger partial charge in [-0.3, -0.25) is 4.79 Å². The summed E-state index contributed by atoms with van der Waals surface area (Å²) in [6, 6.07) is 13.9. The van der Waals surface area contributed by atoms with E-state index in [4.69, 9.17) is 4.74 Å². The number of rotatable bonds is 4. The number of nitrogens with one attached hydrogen (secondary N) is 1. The van der Waals surface area contributed by atoms with Gasteiger partial charge in [0.1, 0.15) is 18.2 Å². The van der Waals surface area contributed by atoms with Crippen LogP contribution in [0, 0.1) is 5.82 Å². The minimum Gasteiger partial charge on any atom is -0.489 e. The molecule has 1 fully saturated rings. The van der Waals surface area contributed by atoms with Crippen molar-refractivity contribution in [3.63, 3.8) is 0 Å². The first kappa shape index (κ1) is 17.4. The smallest absolute Gasteiger partial charge is 0.254 e. The number of amides is 1. The highest BCUT2D eigenvalue weighted by Crippen LogP contribution is 2.17. The highest BCUT2D eigenvalue weighted by atomic mass is 19.1. The van der Waals surface area contributed by atoms with E-state index < -0.39 is 0 Å². The number of halogens is 1. The van der Waals surface area contributed by atoms with E-state index in [1.165, 1.54) is 12.1 Å². The van der Waals surface area contributed by atoms with Crippen LogP contribution < -0.4 is 10.1 Å². The third-order valence-electron chi connectivity index (χ3n) is 4.67. The maximum absolute atomic E-state index is 13.2. The molecule has 0 spiro atoms. The summed E-state index contributed by atoms with van der Waals surface area (Å²) in [5.74, 6) is 0.179. The molecule has 132 valence electrons. The van der Waals surface area contributed by atoms with Crippen LogP contribution in [-0.4, -0.2) is 36.0 Å². The van der Waals surface area contributed by atoms with Gasteiger partial charge in [0.2, 0.25) is 0 Å². The van der Waals surface area contributed by atoms with E-state index in [-0.39, 0.29) is 30.4 Å². The van der Waals surface area contributed by atoms with Crippen LogP contribution in [-0.2, 0) is 6.61 Å². The summed E-state index contributed by atoms with van der Waals surface area (Å²) in [5, 5.41) is 3.38. The number of piperazine rings is 1. The van der Waals surface area contributed by atoms with E-state index >= 15 is 0 Å². The molecule has 2 aromatic rings. The topological polar surface area (TPSA) is 41.6 Å². The van der Waals surface area contributed by atoms with Gasteiger partial charge in [-0.15, -0.1) is 0 Å². The minimum atomic E-state index is -0.330. The standard InChI is InChI=1S/C20H23FN2O2/c1-14-15(2)23(10-9-22-14)20(24)17-6-3-5-16(11-17)13-25-19-8-4-7-18(21)12-19/h3-8,11-12,14-15,22H,9-10,13H2,1-2H3. The highest BCUT2D eigenvalue weighted by molar-refractivity contribution is 5.94. The summed E-state index contributed by atoms with van der Waals surface area (Å²) in [6.45, 7) is 5.95. The molecule has 25 heavy (non-hydrogen) atoms. The summed E-state index contributed by atoms with van der Waals surface area (Å²) in [4.78, 5) is 14.7. The van der Waals surface area contributed by atoms with Crippen molar-refractivity contribution in [1.82, 2.24) is 10.2 Å². The van der Waals surface area contributed by atoms with Gasteiger partial charge in [0.05, 0.1) is 0 Å². The summed E-state index contributed by atoms with van der Waals surface area (Å²) >= 11 is 0. The third kappa shape index (κ3) is 4.17. The molecule has 2 aromatic carbocycles. The Bertz CT molecular complexity index is 750. The zero-order valence-electron chi connectivity index (χ0n) is 14.5. The number of nitrogens with zero attached hydrogens (tertiary/aromatic N) is 1. The van der Waals surface area contributed by atoms with Gasteiger partial charge in [0.15, 0.2) is 0 Å². The molecule has 5 heteroatoms. The SMILES string of the molecule is CC1NCCN(C(=O)c2cccc(COc3cccc(F)c3)c2)C1C. The van der Waals surface area contributed by atoms with Crippen LogP contribution in [0.2, 0.25) is 0 Å². The monoisotopic (exact) mass is 342 g/mol. The second-order valence-electron chi connectivity index (χ2n) is 6.43. The molecule has 0 bridgehead atoms. The number of carbonyl (C=O) groups is 1. The van der Waals surface area contributed by atoms with Crippen LogP contribution in [0.25, 0.3) is 0 Å². The van der Waals surface area contributed by atoms with Gasteiger partial charge in [-0.2, -0.15) is 0 Å². The molecular formula is C20H23FN2O2. The van der Waals surface area contributed by atoms with E-state index in [0.717, 1.165) is 12.1 Å². The van der Waals surface area contributed by atoms with Crippen LogP contribution in [0.15, 0.2) is 48.5 Å². The first-order valence-electron chi connectivity index (χ1n) is 8.56. The van der Waals surface area contributed by atoms with E-state index in [9.17, 15) is 9.18 Å². The molecule has 3 rings (SSSR count). The molecule has 1 aliphatic rings. The molecule has 0 aliphatic carbocycles. The number of ether oxygens (including phenoxy) is 1. The Morgan fingerprint density at radius 3 is 2.84 bits per heavy atom. The second kappa shape index (κ2) is 7.66. The Labute approximate surface area is 147 Å². The molecule has 2 atom stereocenters. The maximum Gasteiger partial charge on any atom is 0.254 e. The Morgan fingerprint density at radius 2 is 2.04 bits per heavy atom. The van der Waals surface area contributed by atoms with Crippen LogP contribution in [0.3, 0.4) is 0 Å². The van der Waals surface area contributed by atoms with E-state index in [2.05, 4.69) is 19.2 Å². The Hall–Kier alpha value is -2.40. The predicted octanol–water partition coefficient (Wildman–Crippen LogP) is 3.23. The van der Waals surface area contributed by atoms with Crippen molar-refractivity contribution in [2.75, 3.05) is 13.1 Å². The first-order chi connectivity index (χ1) is 12.0. The quantitative estimate of drug-likeness (QED) is 0.927. The lowest BCUT2D eigenvalue weighted by molar-refractivity contribution is 0.0603. The zero-order chi connectivity index (χ0) is 17.8. The number of carbonyl (C=O) groups excluding carboxylic acids is 1. The van der Waals surface area contributed by atoms with E-state index in [1.807, 2.05) is 29.2 Å². The van der Waals surface area contributed by atoms with Crippen molar-refractivity contribution in [3.8, 4) is 5.75 Å². The van der Waals surface area contributed by atoms with Gasteiger partial charge in [-0.05, 0) is 43.7 Å². The fourth-order valence-corrected chi connectivity index (χ4v) is 3.03. The minimum absolute atomic E-state index is 0.0356. The lowest BCUT2D eigenvalue weighted by atomic mass is 10.0. The zero-order valence-corrected chi connectivity index (χ0v) is 14.5. The molecule has 4 nitrogen and oxygen atoms in total. The van der Waals surface area contributed by atoms with Gasteiger partial charge in [-0.25, -0.2) is 4.39 Å². The Kier molecular flexibility index (Phi) is 5.34. The number of hydrogen-bond donors (Lipinski definition) is 1. The summed E-state index contributed by atoms with van der Waals surface area (Å²) in [7, 11) is 0. The van der Waals surface area contributed by atoms with Gasteiger partial charge >= 0.3 is 0 Å². The lowest BCUT2D eigenvalue weighted by Crippen LogP contribution is -2.57. The molecule has 0 saturated carbocycles. The van der Waals surface area contributed by atoms with E-state index in [0.29, 0.717) is 17.9 Å². The van der Waals surface area contributed by atoms with Crippen molar-refractivity contribution < 1.29 is 13.9 Å². The maximum atomic E-state index is 13.2. The van der Waals surface area contributed by atoms with Gasteiger partial charge in [0, 0.05) is 36.8 Å². The van der Waals surface area contributed by atoms with Crippen molar-refractivity contribution in [3.05, 3.63) is 65.5 Å². The van der Waals surface area contributed by atoms with Crippen molar-refractivity contribution in [2.24, 2.45) is 0 Å². The second-order valence-corrected chi connectivity index (χ2v) is 6.43.